The Hall–Kier alpha value is -5.20. The minimum Gasteiger partial charge on any atom is -0.309 e. The van der Waals surface area contributed by atoms with Crippen molar-refractivity contribution in [2.45, 2.75) is 6.92 Å². The van der Waals surface area contributed by atoms with Crippen molar-refractivity contribution in [2.75, 3.05) is 4.90 Å². The Morgan fingerprint density at radius 1 is 0.707 bits per heavy atom. The minimum atomic E-state index is -0.827. The van der Waals surface area contributed by atoms with Crippen LogP contribution < -0.4 is 10.2 Å². The molecule has 1 N–H and O–H groups in total. The number of nitrogens with one attached hydrogen (secondary N) is 1. The molecule has 4 amide bonds. The van der Waals surface area contributed by atoms with E-state index in [9.17, 15) is 14.4 Å². The maximum atomic E-state index is 13.8. The van der Waals surface area contributed by atoms with Crippen LogP contribution in [0.2, 0.25) is 5.02 Å². The Labute approximate surface area is 242 Å². The molecule has 1 aromatic heterocycles. The number of carbonyl (C=O) groups is 3. The van der Waals surface area contributed by atoms with Crippen molar-refractivity contribution in [2.24, 2.45) is 0 Å². The molecule has 0 radical (unpaired) electrons. The van der Waals surface area contributed by atoms with E-state index >= 15 is 0 Å². The normalized spacial score (nSPS) is 14.4. The first-order valence-electron chi connectivity index (χ1n) is 13.0. The first kappa shape index (κ1) is 26.0. The molecule has 7 heteroatoms. The molecule has 1 saturated heterocycles. The summed E-state index contributed by atoms with van der Waals surface area (Å²) in [6.45, 7) is 1.83. The van der Waals surface area contributed by atoms with E-state index in [1.54, 1.807) is 18.2 Å². The Balaban J connectivity index is 1.58. The Bertz CT molecular complexity index is 1830. The number of hydrogen-bond acceptors (Lipinski definition) is 3. The fourth-order valence-corrected chi connectivity index (χ4v) is 5.14. The molecule has 41 heavy (non-hydrogen) atoms. The molecular weight excluding hydrogens is 534 g/mol. The quantitative estimate of drug-likeness (QED) is 0.180. The molecular formula is C34H24ClN3O3. The van der Waals surface area contributed by atoms with Gasteiger partial charge in [0.2, 0.25) is 0 Å². The molecule has 200 valence electrons. The van der Waals surface area contributed by atoms with Crippen LogP contribution in [0.25, 0.3) is 34.3 Å². The van der Waals surface area contributed by atoms with Crippen LogP contribution in [0, 0.1) is 6.92 Å². The monoisotopic (exact) mass is 557 g/mol. The lowest BCUT2D eigenvalue weighted by molar-refractivity contribution is -0.122. The summed E-state index contributed by atoms with van der Waals surface area (Å²) in [5.41, 5.74) is 6.01. The largest absolute Gasteiger partial charge is 0.335 e. The van der Waals surface area contributed by atoms with Gasteiger partial charge in [-0.05, 0) is 60.0 Å². The highest BCUT2D eigenvalue weighted by Gasteiger charge is 2.37. The van der Waals surface area contributed by atoms with Crippen LogP contribution in [0.4, 0.5) is 10.5 Å². The van der Waals surface area contributed by atoms with E-state index in [0.717, 1.165) is 38.7 Å². The number of anilines is 1. The Morgan fingerprint density at radius 3 is 1.95 bits per heavy atom. The third-order valence-corrected chi connectivity index (χ3v) is 7.38. The highest BCUT2D eigenvalue weighted by Crippen LogP contribution is 2.37. The van der Waals surface area contributed by atoms with Crippen LogP contribution in [0.1, 0.15) is 11.1 Å². The second kappa shape index (κ2) is 10.8. The highest BCUT2D eigenvalue weighted by molar-refractivity contribution is 6.39. The van der Waals surface area contributed by atoms with Crippen LogP contribution in [0.3, 0.4) is 0 Å². The van der Waals surface area contributed by atoms with E-state index in [2.05, 4.69) is 9.88 Å². The topological polar surface area (TPSA) is 71.4 Å². The fourth-order valence-electron chi connectivity index (χ4n) is 4.97. The number of amides is 4. The minimum absolute atomic E-state index is 0.164. The SMILES string of the molecule is Cc1ccc(N2C(=O)NC(=O)/C(=C\c3cc(-c4ccccc4)n(-c4ccccc4)c3-c3ccccc3)C2=O)cc1Cl. The Kier molecular flexibility index (Phi) is 6.83. The number of imide groups is 2. The molecule has 0 atom stereocenters. The van der Waals surface area contributed by atoms with Gasteiger partial charge in [-0.1, -0.05) is 96.5 Å². The van der Waals surface area contributed by atoms with Gasteiger partial charge in [0.05, 0.1) is 17.1 Å². The second-order valence-corrected chi connectivity index (χ2v) is 10.0. The van der Waals surface area contributed by atoms with Crippen molar-refractivity contribution in [3.63, 3.8) is 0 Å². The number of urea groups is 1. The predicted molar refractivity (Wildman–Crippen MR) is 162 cm³/mol. The predicted octanol–water partition coefficient (Wildman–Crippen LogP) is 7.44. The van der Waals surface area contributed by atoms with Gasteiger partial charge in [0.1, 0.15) is 5.57 Å². The number of para-hydroxylation sites is 1. The van der Waals surface area contributed by atoms with Gasteiger partial charge in [-0.3, -0.25) is 14.9 Å². The molecule has 0 bridgehead atoms. The fraction of sp³-hybridized carbons (Fsp3) is 0.0294. The zero-order chi connectivity index (χ0) is 28.5. The van der Waals surface area contributed by atoms with Gasteiger partial charge in [0.15, 0.2) is 0 Å². The Morgan fingerprint density at radius 2 is 1.32 bits per heavy atom. The number of rotatable bonds is 5. The van der Waals surface area contributed by atoms with Gasteiger partial charge < -0.3 is 4.57 Å². The third-order valence-electron chi connectivity index (χ3n) is 6.98. The van der Waals surface area contributed by atoms with Crippen LogP contribution in [0.15, 0.2) is 121 Å². The number of halogens is 1. The van der Waals surface area contributed by atoms with Gasteiger partial charge in [0.25, 0.3) is 11.8 Å². The van der Waals surface area contributed by atoms with E-state index in [1.165, 1.54) is 6.07 Å². The summed E-state index contributed by atoms with van der Waals surface area (Å²) < 4.78 is 2.12. The van der Waals surface area contributed by atoms with Crippen molar-refractivity contribution in [1.82, 2.24) is 9.88 Å². The summed E-state index contributed by atoms with van der Waals surface area (Å²) in [5.74, 6) is -1.49. The van der Waals surface area contributed by atoms with Crippen LogP contribution in [0.5, 0.6) is 0 Å². The number of carbonyl (C=O) groups excluding carboxylic acids is 3. The highest BCUT2D eigenvalue weighted by atomic mass is 35.5. The lowest BCUT2D eigenvalue weighted by Crippen LogP contribution is -2.54. The summed E-state index contributed by atoms with van der Waals surface area (Å²) in [4.78, 5) is 40.6. The zero-order valence-corrected chi connectivity index (χ0v) is 22.8. The van der Waals surface area contributed by atoms with E-state index in [4.69, 9.17) is 11.6 Å². The van der Waals surface area contributed by atoms with Crippen molar-refractivity contribution in [3.8, 4) is 28.2 Å². The van der Waals surface area contributed by atoms with Crippen LogP contribution in [-0.4, -0.2) is 22.4 Å². The van der Waals surface area contributed by atoms with Gasteiger partial charge in [-0.15, -0.1) is 0 Å². The lowest BCUT2D eigenvalue weighted by atomic mass is 10.0. The first-order valence-corrected chi connectivity index (χ1v) is 13.4. The maximum absolute atomic E-state index is 13.8. The molecule has 2 heterocycles. The molecule has 0 spiro atoms. The standard InChI is InChI=1S/C34H24ClN3O3/c1-22-17-18-27(21-29(22)35)38-33(40)28(32(39)36-34(38)41)19-25-20-30(23-11-5-2-6-12-23)37(26-15-9-4-10-16-26)31(25)24-13-7-3-8-14-24/h2-21H,1H3,(H,36,39,41)/b28-19+. The molecule has 1 fully saturated rings. The van der Waals surface area contributed by atoms with Gasteiger partial charge >= 0.3 is 6.03 Å². The zero-order valence-electron chi connectivity index (χ0n) is 22.0. The molecule has 4 aromatic carbocycles. The maximum Gasteiger partial charge on any atom is 0.335 e. The number of nitrogens with zero attached hydrogens (tertiary/aromatic N) is 2. The number of barbiturate groups is 1. The van der Waals surface area contributed by atoms with Crippen molar-refractivity contribution < 1.29 is 14.4 Å². The molecule has 0 saturated carbocycles. The average Bonchev–Trinajstić information content (AvgIpc) is 3.37. The molecule has 0 unspecified atom stereocenters. The number of hydrogen-bond donors (Lipinski definition) is 1. The summed E-state index contributed by atoms with van der Waals surface area (Å²) in [6, 6.07) is 35.6. The smallest absolute Gasteiger partial charge is 0.309 e. The van der Waals surface area contributed by atoms with E-state index in [-0.39, 0.29) is 11.3 Å². The number of aromatic nitrogens is 1. The summed E-state index contributed by atoms with van der Waals surface area (Å²) >= 11 is 6.29. The summed E-state index contributed by atoms with van der Waals surface area (Å²) in [6.07, 6.45) is 1.56. The summed E-state index contributed by atoms with van der Waals surface area (Å²) in [5, 5.41) is 2.72. The van der Waals surface area contributed by atoms with Crippen LogP contribution in [-0.2, 0) is 9.59 Å². The van der Waals surface area contributed by atoms with Gasteiger partial charge in [-0.25, -0.2) is 9.69 Å². The van der Waals surface area contributed by atoms with E-state index in [1.807, 2.05) is 104 Å². The molecule has 1 aliphatic rings. The molecule has 6 nitrogen and oxygen atoms in total. The molecule has 6 rings (SSSR count). The van der Waals surface area contributed by atoms with E-state index < -0.39 is 17.8 Å². The van der Waals surface area contributed by atoms with Crippen molar-refractivity contribution in [3.05, 3.63) is 137 Å². The van der Waals surface area contributed by atoms with Crippen molar-refractivity contribution in [1.29, 1.82) is 0 Å². The van der Waals surface area contributed by atoms with Gasteiger partial charge in [0, 0.05) is 16.3 Å². The summed E-state index contributed by atoms with van der Waals surface area (Å²) in [7, 11) is 0. The van der Waals surface area contributed by atoms with E-state index in [0.29, 0.717) is 10.6 Å². The lowest BCUT2D eigenvalue weighted by Gasteiger charge is -2.26. The first-order chi connectivity index (χ1) is 19.9. The number of benzene rings is 4. The molecule has 1 aliphatic heterocycles. The van der Waals surface area contributed by atoms with Gasteiger partial charge in [-0.2, -0.15) is 0 Å². The molecule has 0 aliphatic carbocycles. The molecule has 5 aromatic rings. The third kappa shape index (κ3) is 4.86. The number of aryl methyl sites for hydroxylation is 1. The van der Waals surface area contributed by atoms with Crippen LogP contribution >= 0.6 is 11.6 Å². The van der Waals surface area contributed by atoms with Crippen molar-refractivity contribution >= 4 is 41.2 Å². The average molecular weight is 558 g/mol. The second-order valence-electron chi connectivity index (χ2n) is 9.63.